The van der Waals surface area contributed by atoms with E-state index in [-0.39, 0.29) is 42.1 Å². The lowest BCUT2D eigenvalue weighted by Gasteiger charge is -2.33. The van der Waals surface area contributed by atoms with E-state index in [1.165, 1.54) is 32.2 Å². The summed E-state index contributed by atoms with van der Waals surface area (Å²) in [6, 6.07) is 31.8. The Hall–Kier alpha value is -7.07. The zero-order chi connectivity index (χ0) is 45.8. The first-order chi connectivity index (χ1) is 30.6. The van der Waals surface area contributed by atoms with Crippen molar-refractivity contribution in [1.29, 1.82) is 0 Å². The number of hydrogen-bond acceptors (Lipinski definition) is 12. The van der Waals surface area contributed by atoms with Crippen LogP contribution in [0, 0.1) is 0 Å². The van der Waals surface area contributed by atoms with Crippen LogP contribution in [-0.4, -0.2) is 89.4 Å². The summed E-state index contributed by atoms with van der Waals surface area (Å²) in [5, 5.41) is 25.0. The lowest BCUT2D eigenvalue weighted by molar-refractivity contribution is 0.0126. The highest BCUT2D eigenvalue weighted by Crippen LogP contribution is 2.25. The van der Waals surface area contributed by atoms with Gasteiger partial charge in [-0.3, -0.25) is 14.4 Å². The molecule has 3 aromatic carbocycles. The number of aromatic hydroxyl groups is 1. The predicted molar refractivity (Wildman–Crippen MR) is 251 cm³/mol. The van der Waals surface area contributed by atoms with Gasteiger partial charge in [0.1, 0.15) is 35.1 Å². The Balaban J connectivity index is 0.000000190. The van der Waals surface area contributed by atoms with Gasteiger partial charge in [0, 0.05) is 82.0 Å². The number of carbonyl (C=O) groups excluding carboxylic acids is 1. The van der Waals surface area contributed by atoms with E-state index in [4.69, 9.17) is 19.3 Å². The molecule has 0 spiro atoms. The molecule has 5 heterocycles. The Morgan fingerprint density at radius 3 is 1.28 bits per heavy atom. The molecule has 16 nitrogen and oxygen atoms in total. The third-order valence-corrected chi connectivity index (χ3v) is 10.3. The summed E-state index contributed by atoms with van der Waals surface area (Å²) in [5.41, 5.74) is 4.12. The summed E-state index contributed by atoms with van der Waals surface area (Å²) in [6.45, 7) is 8.90. The first-order valence-corrected chi connectivity index (χ1v) is 21.3. The van der Waals surface area contributed by atoms with Crippen molar-refractivity contribution >= 4 is 6.09 Å². The number of aromatic nitrogens is 6. The number of phenols is 1. The minimum absolute atomic E-state index is 0. The third kappa shape index (κ3) is 14.5. The molecule has 1 amide bonds. The fraction of sp³-hybridized carbons (Fsp3) is 0.367. The van der Waals surface area contributed by atoms with Gasteiger partial charge in [-0.15, -0.1) is 0 Å². The molecule has 16 heteroatoms. The third-order valence-electron chi connectivity index (χ3n) is 10.3. The summed E-state index contributed by atoms with van der Waals surface area (Å²) >= 11 is 0. The van der Waals surface area contributed by atoms with Crippen LogP contribution < -0.4 is 31.5 Å². The molecule has 2 fully saturated rings. The van der Waals surface area contributed by atoms with Crippen LogP contribution in [0.5, 0.6) is 17.2 Å². The van der Waals surface area contributed by atoms with Gasteiger partial charge in [-0.1, -0.05) is 7.43 Å². The number of piperidine rings is 2. The summed E-state index contributed by atoms with van der Waals surface area (Å²) < 4.78 is 21.4. The van der Waals surface area contributed by atoms with Crippen molar-refractivity contribution in [2.75, 3.05) is 26.2 Å². The van der Waals surface area contributed by atoms with Gasteiger partial charge in [-0.25, -0.2) is 18.8 Å². The van der Waals surface area contributed by atoms with Crippen LogP contribution in [0.4, 0.5) is 4.79 Å². The van der Waals surface area contributed by atoms with Gasteiger partial charge in [0.2, 0.25) is 0 Å². The number of hydrogen-bond donors (Lipinski definition) is 2. The molecule has 2 N–H and O–H groups in total. The van der Waals surface area contributed by atoms with Crippen LogP contribution in [0.3, 0.4) is 0 Å². The standard InChI is InChI=1S/C21H27N3O4.C16H19N3O2.C11H10N2O2.CH4/c1-21(2,3)28-20(26)24-13-11-17(12-14-24)27-16-7-5-15(6-8-16)18-9-10-19(25)23(4)22-18;1-19-16(20)7-6-15(18-19)12-2-4-13(5-3-12)21-14-8-10-17-11-9-14;1-13-11(15)7-6-10(12-13)8-2-4-9(14)5-3-8;/h5-10,17H,11-14H2,1-4H3;2-7,14,17H,8-11H2,1H3;2-7,14H,1H3;1H4. The van der Waals surface area contributed by atoms with E-state index in [9.17, 15) is 19.2 Å². The number of phenolic OH excluding ortho intramolecular Hbond substituents is 1. The fourth-order valence-corrected chi connectivity index (χ4v) is 6.79. The maximum absolute atomic E-state index is 12.1. The molecule has 2 saturated heterocycles. The molecule has 0 saturated carbocycles. The van der Waals surface area contributed by atoms with Crippen LogP contribution >= 0.6 is 0 Å². The second-order valence-electron chi connectivity index (χ2n) is 16.5. The van der Waals surface area contributed by atoms with Crippen molar-refractivity contribution in [2.24, 2.45) is 21.1 Å². The molecule has 0 bridgehead atoms. The van der Waals surface area contributed by atoms with Crippen LogP contribution in [0.15, 0.2) is 124 Å². The number of carbonyl (C=O) groups is 1. The molecule has 0 unspecified atom stereocenters. The summed E-state index contributed by atoms with van der Waals surface area (Å²) in [4.78, 5) is 47.8. The quantitative estimate of drug-likeness (QED) is 0.176. The number of nitrogens with zero attached hydrogens (tertiary/aromatic N) is 7. The molecule has 344 valence electrons. The van der Waals surface area contributed by atoms with E-state index in [1.807, 2.05) is 69.3 Å². The zero-order valence-electron chi connectivity index (χ0n) is 37.1. The number of aryl methyl sites for hydroxylation is 3. The Morgan fingerprint density at radius 2 is 0.923 bits per heavy atom. The smallest absolute Gasteiger partial charge is 0.410 e. The molecular formula is C49H60N8O8. The van der Waals surface area contributed by atoms with Gasteiger partial charge in [-0.05, 0) is 138 Å². The van der Waals surface area contributed by atoms with Crippen molar-refractivity contribution < 1.29 is 24.1 Å². The number of benzene rings is 3. The lowest BCUT2D eigenvalue weighted by atomic mass is 10.1. The van der Waals surface area contributed by atoms with Crippen molar-refractivity contribution in [3.05, 3.63) is 140 Å². The van der Waals surface area contributed by atoms with E-state index < -0.39 is 5.60 Å². The minimum atomic E-state index is -0.480. The number of amides is 1. The number of nitrogens with one attached hydrogen (secondary N) is 1. The van der Waals surface area contributed by atoms with Crippen LogP contribution in [-0.2, 0) is 25.9 Å². The topological polar surface area (TPSA) is 185 Å². The molecule has 6 aromatic rings. The molecule has 0 radical (unpaired) electrons. The van der Waals surface area contributed by atoms with Gasteiger partial charge in [0.15, 0.2) is 0 Å². The SMILES string of the molecule is C.Cn1nc(-c2ccc(O)cc2)ccc1=O.Cn1nc(-c2ccc(OC3CCN(C(=O)OC(C)(C)C)CC3)cc2)ccc1=O.Cn1nc(-c2ccc(OC3CCNCC3)cc2)ccc1=O. The van der Waals surface area contributed by atoms with Gasteiger partial charge in [0.25, 0.3) is 16.7 Å². The Labute approximate surface area is 379 Å². The van der Waals surface area contributed by atoms with E-state index >= 15 is 0 Å². The largest absolute Gasteiger partial charge is 0.508 e. The highest BCUT2D eigenvalue weighted by atomic mass is 16.6. The van der Waals surface area contributed by atoms with Crippen LogP contribution in [0.2, 0.25) is 0 Å². The Kier molecular flexibility index (Phi) is 17.0. The number of ether oxygens (including phenoxy) is 3. The van der Waals surface area contributed by atoms with Crippen molar-refractivity contribution in [3.8, 4) is 51.0 Å². The van der Waals surface area contributed by atoms with Crippen molar-refractivity contribution in [2.45, 2.75) is 71.7 Å². The summed E-state index contributed by atoms with van der Waals surface area (Å²) in [7, 11) is 4.89. The molecule has 65 heavy (non-hydrogen) atoms. The summed E-state index contributed by atoms with van der Waals surface area (Å²) in [5.74, 6) is 1.88. The molecule has 0 atom stereocenters. The number of rotatable bonds is 7. The second-order valence-corrected chi connectivity index (χ2v) is 16.5. The minimum Gasteiger partial charge on any atom is -0.508 e. The van der Waals surface area contributed by atoms with Crippen molar-refractivity contribution in [3.63, 3.8) is 0 Å². The summed E-state index contributed by atoms with van der Waals surface area (Å²) in [6.07, 6.45) is 3.73. The van der Waals surface area contributed by atoms with E-state index in [0.29, 0.717) is 24.9 Å². The highest BCUT2D eigenvalue weighted by Gasteiger charge is 2.27. The lowest BCUT2D eigenvalue weighted by Crippen LogP contribution is -2.44. The van der Waals surface area contributed by atoms with Crippen LogP contribution in [0.1, 0.15) is 53.9 Å². The fourth-order valence-electron chi connectivity index (χ4n) is 6.79. The van der Waals surface area contributed by atoms with Crippen LogP contribution in [0.25, 0.3) is 33.8 Å². The number of likely N-dealkylation sites (tertiary alicyclic amines) is 1. The first kappa shape index (κ1) is 49.0. The average Bonchev–Trinajstić information content (AvgIpc) is 3.28. The van der Waals surface area contributed by atoms with Gasteiger partial charge in [-0.2, -0.15) is 15.3 Å². The molecule has 2 aliphatic rings. The zero-order valence-corrected chi connectivity index (χ0v) is 37.1. The normalized spacial score (nSPS) is 14.1. The maximum Gasteiger partial charge on any atom is 0.410 e. The predicted octanol–water partition coefficient (Wildman–Crippen LogP) is 6.59. The molecule has 0 aliphatic carbocycles. The molecule has 8 rings (SSSR count). The Bertz CT molecular complexity index is 2640. The second kappa shape index (κ2) is 22.5. The van der Waals surface area contributed by atoms with Crippen molar-refractivity contribution in [1.82, 2.24) is 39.6 Å². The maximum atomic E-state index is 12.1. The molecule has 2 aliphatic heterocycles. The van der Waals surface area contributed by atoms with E-state index in [0.717, 1.165) is 78.4 Å². The monoisotopic (exact) mass is 888 g/mol. The van der Waals surface area contributed by atoms with E-state index in [1.54, 1.807) is 68.5 Å². The first-order valence-electron chi connectivity index (χ1n) is 21.3. The molecule has 3 aromatic heterocycles. The molecular weight excluding hydrogens is 829 g/mol. The van der Waals surface area contributed by atoms with Gasteiger partial charge < -0.3 is 29.5 Å². The van der Waals surface area contributed by atoms with Gasteiger partial charge in [0.05, 0.1) is 17.1 Å². The van der Waals surface area contributed by atoms with Gasteiger partial charge >= 0.3 is 6.09 Å². The average molecular weight is 889 g/mol. The highest BCUT2D eigenvalue weighted by molar-refractivity contribution is 5.68. The van der Waals surface area contributed by atoms with E-state index in [2.05, 4.69) is 20.6 Å². The Morgan fingerprint density at radius 1 is 0.569 bits per heavy atom.